The number of aliphatic hydroxyl groups excluding tert-OH is 1. The maximum atomic E-state index is 11.1. The fraction of sp³-hybridized carbons (Fsp3) is 0.632. The first-order chi connectivity index (χ1) is 12.0. The molecule has 1 aromatic rings. The molecular weight excluding hydrogens is 318 g/mol. The lowest BCUT2D eigenvalue weighted by Crippen LogP contribution is -2.48. The predicted octanol–water partition coefficient (Wildman–Crippen LogP) is 2.21. The van der Waals surface area contributed by atoms with Crippen LogP contribution in [0, 0.1) is 5.41 Å². The molecule has 1 aromatic carbocycles. The van der Waals surface area contributed by atoms with Crippen molar-refractivity contribution in [2.24, 2.45) is 10.5 Å². The number of ether oxygens (including phenoxy) is 2. The van der Waals surface area contributed by atoms with Crippen molar-refractivity contribution in [3.8, 4) is 11.5 Å². The van der Waals surface area contributed by atoms with Crippen LogP contribution in [0.1, 0.15) is 38.7 Å². The van der Waals surface area contributed by atoms with Crippen molar-refractivity contribution >= 4 is 5.71 Å². The van der Waals surface area contributed by atoms with Gasteiger partial charge in [0, 0.05) is 5.56 Å². The van der Waals surface area contributed by atoms with Gasteiger partial charge in [-0.15, -0.1) is 0 Å². The summed E-state index contributed by atoms with van der Waals surface area (Å²) in [5.41, 5.74) is 1.48. The molecule has 6 nitrogen and oxygen atoms in total. The lowest BCUT2D eigenvalue weighted by molar-refractivity contribution is -0.0658. The maximum Gasteiger partial charge on any atom is 0.161 e. The van der Waals surface area contributed by atoms with E-state index in [1.807, 2.05) is 23.2 Å². The number of nitrogens with one attached hydrogen (secondary N) is 1. The molecule has 2 aliphatic heterocycles. The Morgan fingerprint density at radius 3 is 2.52 bits per heavy atom. The molecule has 0 amide bonds. The van der Waals surface area contributed by atoms with E-state index in [1.165, 1.54) is 0 Å². The minimum Gasteiger partial charge on any atom is -0.493 e. The van der Waals surface area contributed by atoms with Crippen molar-refractivity contribution in [1.82, 2.24) is 10.3 Å². The second kappa shape index (κ2) is 7.22. The molecule has 6 heteroatoms. The van der Waals surface area contributed by atoms with Gasteiger partial charge in [-0.3, -0.25) is 5.01 Å². The summed E-state index contributed by atoms with van der Waals surface area (Å²) < 4.78 is 10.8. The average molecular weight is 347 g/mol. The van der Waals surface area contributed by atoms with Gasteiger partial charge in [0.05, 0.1) is 31.4 Å². The van der Waals surface area contributed by atoms with E-state index in [0.717, 1.165) is 43.6 Å². The lowest BCUT2D eigenvalue weighted by Gasteiger charge is -2.37. The van der Waals surface area contributed by atoms with Gasteiger partial charge in [0.2, 0.25) is 0 Å². The Kier molecular flexibility index (Phi) is 5.20. The Bertz CT molecular complexity index is 643. The minimum absolute atomic E-state index is 0.278. The molecule has 2 unspecified atom stereocenters. The largest absolute Gasteiger partial charge is 0.493 e. The first kappa shape index (κ1) is 18.0. The molecule has 1 saturated heterocycles. The van der Waals surface area contributed by atoms with Crippen LogP contribution < -0.4 is 14.8 Å². The number of benzene rings is 1. The zero-order valence-electron chi connectivity index (χ0n) is 15.6. The van der Waals surface area contributed by atoms with Crippen molar-refractivity contribution in [3.05, 3.63) is 23.8 Å². The third kappa shape index (κ3) is 3.09. The van der Waals surface area contributed by atoms with Gasteiger partial charge in [-0.25, -0.2) is 0 Å². The van der Waals surface area contributed by atoms with Crippen LogP contribution in [0.5, 0.6) is 11.5 Å². The average Bonchev–Trinajstić information content (AvgIpc) is 2.94. The number of hydrazone groups is 1. The molecule has 1 fully saturated rings. The van der Waals surface area contributed by atoms with E-state index in [0.29, 0.717) is 11.5 Å². The quantitative estimate of drug-likeness (QED) is 0.855. The van der Waals surface area contributed by atoms with Crippen LogP contribution in [0.2, 0.25) is 0 Å². The zero-order valence-corrected chi connectivity index (χ0v) is 15.6. The van der Waals surface area contributed by atoms with Gasteiger partial charge in [0.15, 0.2) is 17.7 Å². The zero-order chi connectivity index (χ0) is 18.0. The molecular formula is C19H29N3O3. The van der Waals surface area contributed by atoms with Crippen molar-refractivity contribution < 1.29 is 14.6 Å². The highest BCUT2D eigenvalue weighted by Crippen LogP contribution is 2.42. The van der Waals surface area contributed by atoms with Gasteiger partial charge >= 0.3 is 0 Å². The summed E-state index contributed by atoms with van der Waals surface area (Å²) >= 11 is 0. The molecule has 25 heavy (non-hydrogen) atoms. The molecule has 0 spiro atoms. The molecule has 2 N–H and O–H groups in total. The van der Waals surface area contributed by atoms with E-state index in [9.17, 15) is 5.11 Å². The van der Waals surface area contributed by atoms with E-state index in [-0.39, 0.29) is 6.04 Å². The summed E-state index contributed by atoms with van der Waals surface area (Å²) in [6.45, 7) is 6.13. The first-order valence-electron chi connectivity index (χ1n) is 9.03. The summed E-state index contributed by atoms with van der Waals surface area (Å²) in [4.78, 5) is 0. The number of rotatable bonds is 5. The maximum absolute atomic E-state index is 11.1. The summed E-state index contributed by atoms with van der Waals surface area (Å²) in [6, 6.07) is 6.11. The summed E-state index contributed by atoms with van der Waals surface area (Å²) in [7, 11) is 3.26. The van der Waals surface area contributed by atoms with Crippen LogP contribution >= 0.6 is 0 Å². The highest BCUT2D eigenvalue weighted by atomic mass is 16.5. The summed E-state index contributed by atoms with van der Waals surface area (Å²) in [5.74, 6) is 1.37. The molecule has 0 saturated carbocycles. The molecule has 0 radical (unpaired) electrons. The van der Waals surface area contributed by atoms with E-state index < -0.39 is 11.6 Å². The molecule has 0 aliphatic carbocycles. The fourth-order valence-electron chi connectivity index (χ4n) is 3.77. The third-order valence-corrected chi connectivity index (χ3v) is 5.65. The number of nitrogens with zero attached hydrogens (tertiary/aromatic N) is 2. The highest BCUT2D eigenvalue weighted by molar-refractivity contribution is 6.06. The molecule has 138 valence electrons. The summed E-state index contributed by atoms with van der Waals surface area (Å²) in [5, 5.41) is 21.2. The number of hydrogen-bond acceptors (Lipinski definition) is 6. The molecule has 2 atom stereocenters. The molecule has 2 heterocycles. The van der Waals surface area contributed by atoms with E-state index in [4.69, 9.17) is 14.6 Å². The van der Waals surface area contributed by atoms with Crippen LogP contribution in [0.15, 0.2) is 23.3 Å². The molecule has 0 bridgehead atoms. The number of methoxy groups -OCH3 is 2. The van der Waals surface area contributed by atoms with Crippen LogP contribution in [0.3, 0.4) is 0 Å². The summed E-state index contributed by atoms with van der Waals surface area (Å²) in [6.07, 6.45) is 2.20. The Morgan fingerprint density at radius 1 is 1.24 bits per heavy atom. The van der Waals surface area contributed by atoms with Gasteiger partial charge in [0.25, 0.3) is 0 Å². The second-order valence-electron chi connectivity index (χ2n) is 7.02. The second-order valence-corrected chi connectivity index (χ2v) is 7.02. The first-order valence-corrected chi connectivity index (χ1v) is 9.03. The topological polar surface area (TPSA) is 66.3 Å². The van der Waals surface area contributed by atoms with Crippen LogP contribution in [0.25, 0.3) is 0 Å². The Hall–Kier alpha value is -1.79. The minimum atomic E-state index is -0.608. The third-order valence-electron chi connectivity index (χ3n) is 5.65. The van der Waals surface area contributed by atoms with E-state index in [1.54, 1.807) is 14.2 Å². The molecule has 3 rings (SSSR count). The Labute approximate surface area is 149 Å². The van der Waals surface area contributed by atoms with Gasteiger partial charge < -0.3 is 19.9 Å². The van der Waals surface area contributed by atoms with Gasteiger partial charge in [-0.2, -0.15) is 5.10 Å². The highest BCUT2D eigenvalue weighted by Gasteiger charge is 2.48. The predicted molar refractivity (Wildman–Crippen MR) is 98.2 cm³/mol. The number of hydrogen-bond donors (Lipinski definition) is 2. The number of piperidine rings is 1. The molecule has 2 aliphatic rings. The smallest absolute Gasteiger partial charge is 0.161 e. The Morgan fingerprint density at radius 2 is 1.92 bits per heavy atom. The fourth-order valence-corrected chi connectivity index (χ4v) is 3.77. The van der Waals surface area contributed by atoms with E-state index in [2.05, 4.69) is 19.2 Å². The van der Waals surface area contributed by atoms with Crippen molar-refractivity contribution in [2.45, 2.75) is 45.4 Å². The van der Waals surface area contributed by atoms with Crippen molar-refractivity contribution in [2.75, 3.05) is 27.3 Å². The lowest BCUT2D eigenvalue weighted by atomic mass is 9.78. The number of aliphatic hydroxyl groups is 1. The van der Waals surface area contributed by atoms with Crippen molar-refractivity contribution in [1.29, 1.82) is 0 Å². The van der Waals surface area contributed by atoms with Crippen LogP contribution in [0.4, 0.5) is 0 Å². The Balaban J connectivity index is 1.99. The normalized spacial score (nSPS) is 27.3. The monoisotopic (exact) mass is 347 g/mol. The van der Waals surface area contributed by atoms with Gasteiger partial charge in [-0.05, 0) is 57.5 Å². The standard InChI is InChI=1S/C19H29N3O3/c1-5-19(2)17(13-6-7-15(24-3)16(12-13)25-4)21-22(18(19)23)14-8-10-20-11-9-14/h6-7,12,14,18,20,23H,5,8-11H2,1-4H3. The van der Waals surface area contributed by atoms with Crippen LogP contribution in [-0.4, -0.2) is 55.4 Å². The van der Waals surface area contributed by atoms with Gasteiger partial charge in [-0.1, -0.05) is 6.92 Å². The van der Waals surface area contributed by atoms with Gasteiger partial charge in [0.1, 0.15) is 0 Å². The van der Waals surface area contributed by atoms with E-state index >= 15 is 0 Å². The van der Waals surface area contributed by atoms with Crippen molar-refractivity contribution in [3.63, 3.8) is 0 Å². The SMILES string of the molecule is CCC1(C)C(c2ccc(OC)c(OC)c2)=NN(C2CCNCC2)C1O. The van der Waals surface area contributed by atoms with Crippen LogP contribution in [-0.2, 0) is 0 Å². The molecule has 0 aromatic heterocycles.